The quantitative estimate of drug-likeness (QED) is 0.827. The molecule has 1 aromatic carbocycles. The molecule has 2 N–H and O–H groups in total. The third-order valence-corrected chi connectivity index (χ3v) is 4.31. The fourth-order valence-corrected chi connectivity index (χ4v) is 2.93. The highest BCUT2D eigenvalue weighted by Crippen LogP contribution is 2.20. The lowest BCUT2D eigenvalue weighted by molar-refractivity contribution is -0.136. The van der Waals surface area contributed by atoms with Gasteiger partial charge in [-0.05, 0) is 55.0 Å². The summed E-state index contributed by atoms with van der Waals surface area (Å²) < 4.78 is 0. The number of nitrogens with one attached hydrogen (secondary N) is 2. The van der Waals surface area contributed by atoms with Crippen molar-refractivity contribution in [2.24, 2.45) is 0 Å². The van der Waals surface area contributed by atoms with Crippen LogP contribution in [0.1, 0.15) is 17.2 Å². The zero-order chi connectivity index (χ0) is 16.8. The molecule has 0 bridgehead atoms. The molecule has 2 aromatic rings. The second kappa shape index (κ2) is 7.89. The van der Waals surface area contributed by atoms with E-state index in [0.29, 0.717) is 12.2 Å². The second-order valence-electron chi connectivity index (χ2n) is 5.52. The molecule has 0 fully saturated rings. The number of thiophene rings is 1. The Morgan fingerprint density at radius 3 is 2.52 bits per heavy atom. The monoisotopic (exact) mass is 331 g/mol. The second-order valence-corrected chi connectivity index (χ2v) is 6.30. The SMILES string of the molecule is Cc1ccccc1NC(=O)C(=O)NCC(c1ccsc1)N(C)C. The summed E-state index contributed by atoms with van der Waals surface area (Å²) in [6.07, 6.45) is 0. The van der Waals surface area contributed by atoms with E-state index >= 15 is 0 Å². The number of amides is 2. The van der Waals surface area contributed by atoms with Crippen molar-refractivity contribution in [1.82, 2.24) is 10.2 Å². The van der Waals surface area contributed by atoms with Gasteiger partial charge in [-0.15, -0.1) is 0 Å². The van der Waals surface area contributed by atoms with E-state index in [-0.39, 0.29) is 6.04 Å². The first-order valence-corrected chi connectivity index (χ1v) is 8.26. The molecule has 5 nitrogen and oxygen atoms in total. The van der Waals surface area contributed by atoms with E-state index < -0.39 is 11.8 Å². The van der Waals surface area contributed by atoms with Crippen LogP contribution < -0.4 is 10.6 Å². The summed E-state index contributed by atoms with van der Waals surface area (Å²) in [6.45, 7) is 2.26. The molecule has 0 saturated carbocycles. The molecule has 0 radical (unpaired) electrons. The van der Waals surface area contributed by atoms with E-state index in [1.807, 2.05) is 60.9 Å². The van der Waals surface area contributed by atoms with E-state index in [9.17, 15) is 9.59 Å². The number of hydrogen-bond acceptors (Lipinski definition) is 4. The Bertz CT molecular complexity index is 668. The summed E-state index contributed by atoms with van der Waals surface area (Å²) in [6, 6.07) is 9.42. The molecule has 2 rings (SSSR count). The number of hydrogen-bond donors (Lipinski definition) is 2. The fraction of sp³-hybridized carbons (Fsp3) is 0.294. The number of rotatable bonds is 5. The van der Waals surface area contributed by atoms with Gasteiger partial charge in [-0.25, -0.2) is 0 Å². The molecule has 2 amide bonds. The van der Waals surface area contributed by atoms with Gasteiger partial charge in [0.1, 0.15) is 0 Å². The minimum atomic E-state index is -0.651. The van der Waals surface area contributed by atoms with Gasteiger partial charge in [0.25, 0.3) is 0 Å². The molecule has 0 saturated heterocycles. The first-order chi connectivity index (χ1) is 11.0. The van der Waals surface area contributed by atoms with Crippen molar-refractivity contribution in [3.05, 3.63) is 52.2 Å². The molecule has 1 aromatic heterocycles. The lowest BCUT2D eigenvalue weighted by atomic mass is 10.1. The van der Waals surface area contributed by atoms with Gasteiger partial charge in [-0.3, -0.25) is 9.59 Å². The molecule has 0 aliphatic carbocycles. The normalized spacial score (nSPS) is 12.0. The Balaban J connectivity index is 1.93. The third-order valence-electron chi connectivity index (χ3n) is 3.61. The number of aryl methyl sites for hydroxylation is 1. The smallest absolute Gasteiger partial charge is 0.313 e. The Kier molecular flexibility index (Phi) is 5.90. The molecular weight excluding hydrogens is 310 g/mol. The average molecular weight is 331 g/mol. The first-order valence-electron chi connectivity index (χ1n) is 7.32. The molecular formula is C17H21N3O2S. The Labute approximate surface area is 140 Å². The van der Waals surface area contributed by atoms with Gasteiger partial charge in [0.05, 0.1) is 6.04 Å². The number of carbonyl (C=O) groups excluding carboxylic acids is 2. The fourth-order valence-electron chi connectivity index (χ4n) is 2.23. The zero-order valence-corrected chi connectivity index (χ0v) is 14.3. The highest BCUT2D eigenvalue weighted by Gasteiger charge is 2.19. The van der Waals surface area contributed by atoms with Crippen LogP contribution in [0.2, 0.25) is 0 Å². The summed E-state index contributed by atoms with van der Waals surface area (Å²) in [4.78, 5) is 26.0. The lowest BCUT2D eigenvalue weighted by Crippen LogP contribution is -2.40. The number of nitrogens with zero attached hydrogens (tertiary/aromatic N) is 1. The first kappa shape index (κ1) is 17.2. The van der Waals surface area contributed by atoms with Gasteiger partial charge >= 0.3 is 11.8 Å². The minimum absolute atomic E-state index is 0.0384. The Morgan fingerprint density at radius 2 is 1.91 bits per heavy atom. The topological polar surface area (TPSA) is 61.4 Å². The van der Waals surface area contributed by atoms with E-state index in [0.717, 1.165) is 11.1 Å². The predicted octanol–water partition coefficient (Wildman–Crippen LogP) is 2.41. The van der Waals surface area contributed by atoms with E-state index in [1.54, 1.807) is 17.4 Å². The maximum absolute atomic E-state index is 12.0. The van der Waals surface area contributed by atoms with Gasteiger partial charge in [0.15, 0.2) is 0 Å². The van der Waals surface area contributed by atoms with Gasteiger partial charge in [0, 0.05) is 12.2 Å². The number of anilines is 1. The maximum atomic E-state index is 12.0. The molecule has 1 heterocycles. The van der Waals surface area contributed by atoms with Crippen molar-refractivity contribution in [3.63, 3.8) is 0 Å². The highest BCUT2D eigenvalue weighted by molar-refractivity contribution is 7.07. The summed E-state index contributed by atoms with van der Waals surface area (Å²) in [5.74, 6) is -1.28. The number of para-hydroxylation sites is 1. The summed E-state index contributed by atoms with van der Waals surface area (Å²) in [5.41, 5.74) is 2.69. The van der Waals surface area contributed by atoms with Crippen molar-refractivity contribution in [1.29, 1.82) is 0 Å². The molecule has 0 aliphatic heterocycles. The standard InChI is InChI=1S/C17H21N3O2S/c1-12-6-4-5-7-14(12)19-17(22)16(21)18-10-15(20(2)3)13-8-9-23-11-13/h4-9,11,15H,10H2,1-3H3,(H,18,21)(H,19,22). The van der Waals surface area contributed by atoms with Gasteiger partial charge in [0.2, 0.25) is 0 Å². The number of likely N-dealkylation sites (N-methyl/N-ethyl adjacent to an activating group) is 1. The van der Waals surface area contributed by atoms with Crippen LogP contribution in [0.4, 0.5) is 5.69 Å². The van der Waals surface area contributed by atoms with Crippen LogP contribution in [0.5, 0.6) is 0 Å². The number of benzene rings is 1. The van der Waals surface area contributed by atoms with Crippen LogP contribution in [-0.4, -0.2) is 37.4 Å². The van der Waals surface area contributed by atoms with E-state index in [2.05, 4.69) is 10.6 Å². The average Bonchev–Trinajstić information content (AvgIpc) is 3.03. The summed E-state index contributed by atoms with van der Waals surface area (Å²) in [7, 11) is 3.89. The largest absolute Gasteiger partial charge is 0.346 e. The van der Waals surface area contributed by atoms with Crippen molar-refractivity contribution >= 4 is 28.8 Å². The predicted molar refractivity (Wildman–Crippen MR) is 93.6 cm³/mol. The Hall–Kier alpha value is -2.18. The zero-order valence-electron chi connectivity index (χ0n) is 13.5. The molecule has 23 heavy (non-hydrogen) atoms. The number of carbonyl (C=O) groups is 2. The van der Waals surface area contributed by atoms with Crippen LogP contribution >= 0.6 is 11.3 Å². The highest BCUT2D eigenvalue weighted by atomic mass is 32.1. The van der Waals surface area contributed by atoms with Crippen molar-refractivity contribution in [3.8, 4) is 0 Å². The molecule has 122 valence electrons. The van der Waals surface area contributed by atoms with Gasteiger partial charge in [-0.1, -0.05) is 18.2 Å². The van der Waals surface area contributed by atoms with Crippen molar-refractivity contribution < 1.29 is 9.59 Å². The van der Waals surface area contributed by atoms with E-state index in [4.69, 9.17) is 0 Å². The Morgan fingerprint density at radius 1 is 1.17 bits per heavy atom. The van der Waals surface area contributed by atoms with Crippen LogP contribution in [0.15, 0.2) is 41.1 Å². The lowest BCUT2D eigenvalue weighted by Gasteiger charge is -2.23. The summed E-state index contributed by atoms with van der Waals surface area (Å²) >= 11 is 1.61. The van der Waals surface area contributed by atoms with Crippen molar-refractivity contribution in [2.45, 2.75) is 13.0 Å². The van der Waals surface area contributed by atoms with Crippen molar-refractivity contribution in [2.75, 3.05) is 26.0 Å². The van der Waals surface area contributed by atoms with E-state index in [1.165, 1.54) is 0 Å². The molecule has 1 unspecified atom stereocenters. The maximum Gasteiger partial charge on any atom is 0.313 e. The van der Waals surface area contributed by atoms with Crippen LogP contribution in [-0.2, 0) is 9.59 Å². The third kappa shape index (κ3) is 4.64. The molecule has 0 aliphatic rings. The van der Waals surface area contributed by atoms with Gasteiger partial charge in [-0.2, -0.15) is 11.3 Å². The van der Waals surface area contributed by atoms with Crippen LogP contribution in [0, 0.1) is 6.92 Å². The summed E-state index contributed by atoms with van der Waals surface area (Å²) in [5, 5.41) is 9.38. The minimum Gasteiger partial charge on any atom is -0.346 e. The van der Waals surface area contributed by atoms with Gasteiger partial charge < -0.3 is 15.5 Å². The van der Waals surface area contributed by atoms with Crippen LogP contribution in [0.3, 0.4) is 0 Å². The molecule has 6 heteroatoms. The van der Waals surface area contributed by atoms with Crippen LogP contribution in [0.25, 0.3) is 0 Å². The molecule has 0 spiro atoms. The molecule has 1 atom stereocenters.